The second-order valence-corrected chi connectivity index (χ2v) is 2.42. The van der Waals surface area contributed by atoms with Crippen molar-refractivity contribution in [3.05, 3.63) is 6.92 Å². The average Bonchev–Trinajstić information content (AvgIpc) is 1.93. The molecule has 1 saturated heterocycles. The van der Waals surface area contributed by atoms with Gasteiger partial charge in [-0.1, -0.05) is 0 Å². The average molecular weight is 147 g/mol. The molecule has 1 heterocycles. The molecule has 0 unspecified atom stereocenters. The molecule has 1 aliphatic heterocycles. The van der Waals surface area contributed by atoms with Crippen molar-refractivity contribution < 1.29 is 20.1 Å². The maximum absolute atomic E-state index is 9.02. The third-order valence-corrected chi connectivity index (χ3v) is 1.61. The van der Waals surface area contributed by atoms with Crippen LogP contribution < -0.4 is 0 Å². The summed E-state index contributed by atoms with van der Waals surface area (Å²) in [7, 11) is 0. The monoisotopic (exact) mass is 147 g/mol. The molecular weight excluding hydrogens is 136 g/mol. The normalized spacial score (nSPS) is 49.2. The highest BCUT2D eigenvalue weighted by Gasteiger charge is 2.34. The van der Waals surface area contributed by atoms with E-state index >= 15 is 0 Å². The maximum Gasteiger partial charge on any atom is 0.111 e. The number of rotatable bonds is 0. The Morgan fingerprint density at radius 1 is 1.20 bits per heavy atom. The molecule has 4 atom stereocenters. The van der Waals surface area contributed by atoms with Crippen LogP contribution in [0.5, 0.6) is 0 Å². The Labute approximate surface area is 59.1 Å². The minimum atomic E-state index is -1.13. The van der Waals surface area contributed by atoms with Crippen LogP contribution in [0, 0.1) is 6.92 Å². The Morgan fingerprint density at radius 3 is 2.30 bits per heavy atom. The first kappa shape index (κ1) is 7.94. The lowest BCUT2D eigenvalue weighted by Gasteiger charge is -2.33. The van der Waals surface area contributed by atoms with E-state index in [1.165, 1.54) is 0 Å². The van der Waals surface area contributed by atoms with E-state index < -0.39 is 24.4 Å². The van der Waals surface area contributed by atoms with Gasteiger partial charge in [0.25, 0.3) is 0 Å². The quantitative estimate of drug-likeness (QED) is 0.382. The van der Waals surface area contributed by atoms with E-state index in [-0.39, 0.29) is 6.61 Å². The van der Waals surface area contributed by atoms with Gasteiger partial charge in [0.2, 0.25) is 0 Å². The Kier molecular flexibility index (Phi) is 2.25. The van der Waals surface area contributed by atoms with Gasteiger partial charge >= 0.3 is 0 Å². The summed E-state index contributed by atoms with van der Waals surface area (Å²) in [5.41, 5.74) is 0. The SMILES string of the molecule is [CH2][C@H]1OC[C@H](O)[C@@H](O)[C@H]1O. The van der Waals surface area contributed by atoms with Gasteiger partial charge in [-0.15, -0.1) is 0 Å². The van der Waals surface area contributed by atoms with Gasteiger partial charge in [-0.2, -0.15) is 0 Å². The molecule has 4 nitrogen and oxygen atoms in total. The predicted octanol–water partition coefficient (Wildman–Crippen LogP) is -1.70. The Morgan fingerprint density at radius 2 is 1.80 bits per heavy atom. The van der Waals surface area contributed by atoms with Gasteiger partial charge in [0.15, 0.2) is 0 Å². The smallest absolute Gasteiger partial charge is 0.111 e. The molecule has 0 aromatic carbocycles. The molecule has 4 heteroatoms. The van der Waals surface area contributed by atoms with E-state index in [0.29, 0.717) is 0 Å². The van der Waals surface area contributed by atoms with Crippen LogP contribution in [-0.2, 0) is 4.74 Å². The molecule has 1 radical (unpaired) electrons. The van der Waals surface area contributed by atoms with Crippen molar-refractivity contribution in [3.63, 3.8) is 0 Å². The lowest BCUT2D eigenvalue weighted by molar-refractivity contribution is -0.174. The third kappa shape index (κ3) is 1.29. The van der Waals surface area contributed by atoms with E-state index in [9.17, 15) is 0 Å². The number of hydrogen-bond acceptors (Lipinski definition) is 4. The Balaban J connectivity index is 2.52. The first-order valence-electron chi connectivity index (χ1n) is 3.12. The Bertz CT molecular complexity index is 102. The van der Waals surface area contributed by atoms with E-state index in [4.69, 9.17) is 20.1 Å². The largest absolute Gasteiger partial charge is 0.388 e. The first-order chi connectivity index (χ1) is 4.63. The summed E-state index contributed by atoms with van der Waals surface area (Å²) in [4.78, 5) is 0. The van der Waals surface area contributed by atoms with E-state index in [0.717, 1.165) is 0 Å². The molecule has 1 fully saturated rings. The van der Waals surface area contributed by atoms with Gasteiger partial charge < -0.3 is 20.1 Å². The van der Waals surface area contributed by atoms with Gasteiger partial charge in [-0.3, -0.25) is 0 Å². The van der Waals surface area contributed by atoms with Crippen LogP contribution in [0.1, 0.15) is 0 Å². The first-order valence-corrected chi connectivity index (χ1v) is 3.12. The molecule has 0 aliphatic carbocycles. The van der Waals surface area contributed by atoms with Crippen molar-refractivity contribution in [1.29, 1.82) is 0 Å². The molecule has 0 amide bonds. The van der Waals surface area contributed by atoms with E-state index in [1.807, 2.05) is 0 Å². The highest BCUT2D eigenvalue weighted by atomic mass is 16.5. The molecular formula is C6H11O4. The summed E-state index contributed by atoms with van der Waals surface area (Å²) in [5.74, 6) is 0. The molecule has 0 bridgehead atoms. The van der Waals surface area contributed by atoms with Crippen LogP contribution in [0.15, 0.2) is 0 Å². The number of aliphatic hydroxyl groups excluding tert-OH is 3. The second-order valence-electron chi connectivity index (χ2n) is 2.42. The summed E-state index contributed by atoms with van der Waals surface area (Å²) < 4.78 is 4.80. The van der Waals surface area contributed by atoms with Crippen LogP contribution in [0.4, 0.5) is 0 Å². The van der Waals surface area contributed by atoms with E-state index in [2.05, 4.69) is 6.92 Å². The van der Waals surface area contributed by atoms with Crippen molar-refractivity contribution in [1.82, 2.24) is 0 Å². The predicted molar refractivity (Wildman–Crippen MR) is 33.1 cm³/mol. The zero-order chi connectivity index (χ0) is 7.72. The minimum absolute atomic E-state index is 0.0341. The van der Waals surface area contributed by atoms with Crippen LogP contribution >= 0.6 is 0 Å². The zero-order valence-corrected chi connectivity index (χ0v) is 5.47. The molecule has 1 aliphatic rings. The zero-order valence-electron chi connectivity index (χ0n) is 5.47. The molecule has 59 valence electrons. The summed E-state index contributed by atoms with van der Waals surface area (Å²) in [6, 6.07) is 0. The number of aliphatic hydroxyl groups is 3. The van der Waals surface area contributed by atoms with Crippen LogP contribution in [-0.4, -0.2) is 46.3 Å². The van der Waals surface area contributed by atoms with Crippen LogP contribution in [0.25, 0.3) is 0 Å². The van der Waals surface area contributed by atoms with Gasteiger partial charge in [-0.25, -0.2) is 0 Å². The fraction of sp³-hybridized carbons (Fsp3) is 0.833. The second kappa shape index (κ2) is 2.84. The molecule has 1 rings (SSSR count). The van der Waals surface area contributed by atoms with Crippen LogP contribution in [0.3, 0.4) is 0 Å². The highest BCUT2D eigenvalue weighted by Crippen LogP contribution is 2.13. The lowest BCUT2D eigenvalue weighted by atomic mass is 10.0. The van der Waals surface area contributed by atoms with E-state index in [1.54, 1.807) is 0 Å². The molecule has 0 spiro atoms. The van der Waals surface area contributed by atoms with Crippen molar-refractivity contribution in [2.45, 2.75) is 24.4 Å². The molecule has 0 saturated carbocycles. The standard InChI is InChI=1S/C6H11O4/c1-3-5(8)6(9)4(7)2-10-3/h3-9H,1-2H2/t3-,4+,5+,6-/m1/s1. The maximum atomic E-state index is 9.02. The topological polar surface area (TPSA) is 69.9 Å². The van der Waals surface area contributed by atoms with Gasteiger partial charge in [0, 0.05) is 0 Å². The van der Waals surface area contributed by atoms with Crippen molar-refractivity contribution in [2.24, 2.45) is 0 Å². The molecule has 0 aromatic heterocycles. The van der Waals surface area contributed by atoms with Gasteiger partial charge in [-0.05, 0) is 6.92 Å². The minimum Gasteiger partial charge on any atom is -0.388 e. The van der Waals surface area contributed by atoms with Crippen molar-refractivity contribution in [3.8, 4) is 0 Å². The molecule has 3 N–H and O–H groups in total. The van der Waals surface area contributed by atoms with Gasteiger partial charge in [0.05, 0.1) is 12.7 Å². The summed E-state index contributed by atoms with van der Waals surface area (Å²) in [6.45, 7) is 3.45. The van der Waals surface area contributed by atoms with Crippen molar-refractivity contribution >= 4 is 0 Å². The summed E-state index contributed by atoms with van der Waals surface area (Å²) >= 11 is 0. The molecule has 10 heavy (non-hydrogen) atoms. The number of hydrogen-bond donors (Lipinski definition) is 3. The third-order valence-electron chi connectivity index (χ3n) is 1.61. The lowest BCUT2D eigenvalue weighted by Crippen LogP contribution is -2.51. The van der Waals surface area contributed by atoms with Gasteiger partial charge in [0.1, 0.15) is 18.3 Å². The highest BCUT2D eigenvalue weighted by molar-refractivity contribution is 4.87. The number of ether oxygens (including phenoxy) is 1. The Hall–Kier alpha value is -0.160. The summed E-state index contributed by atoms with van der Waals surface area (Å²) in [6.07, 6.45) is -3.84. The fourth-order valence-electron chi connectivity index (χ4n) is 0.867. The van der Waals surface area contributed by atoms with Crippen molar-refractivity contribution in [2.75, 3.05) is 6.61 Å². The summed E-state index contributed by atoms with van der Waals surface area (Å²) in [5, 5.41) is 26.9. The van der Waals surface area contributed by atoms with Crippen LogP contribution in [0.2, 0.25) is 0 Å². The molecule has 0 aromatic rings. The fourth-order valence-corrected chi connectivity index (χ4v) is 0.867.